The quantitative estimate of drug-likeness (QED) is 0.791. The number of thiophene rings is 1. The molecule has 2 saturated carbocycles. The predicted octanol–water partition coefficient (Wildman–Crippen LogP) is 3.14. The lowest BCUT2D eigenvalue weighted by molar-refractivity contribution is 0.105. The molecule has 1 N–H and O–H groups in total. The lowest BCUT2D eigenvalue weighted by Gasteiger charge is -2.18. The summed E-state index contributed by atoms with van der Waals surface area (Å²) in [6, 6.07) is 2.14. The van der Waals surface area contributed by atoms with Crippen LogP contribution in [-0.2, 0) is 0 Å². The van der Waals surface area contributed by atoms with Gasteiger partial charge in [0, 0.05) is 4.88 Å². The molecule has 1 nitrogen and oxygen atoms in total. The second kappa shape index (κ2) is 3.07. The predicted molar refractivity (Wildman–Crippen MR) is 58.3 cm³/mol. The van der Waals surface area contributed by atoms with Crippen molar-refractivity contribution in [2.45, 2.75) is 32.3 Å². The van der Waals surface area contributed by atoms with Gasteiger partial charge in [0.25, 0.3) is 0 Å². The van der Waals surface area contributed by atoms with E-state index in [4.69, 9.17) is 0 Å². The molecule has 0 amide bonds. The largest absolute Gasteiger partial charge is 0.388 e. The third-order valence-electron chi connectivity index (χ3n) is 3.82. The first-order valence-electron chi connectivity index (χ1n) is 5.47. The van der Waals surface area contributed by atoms with Crippen LogP contribution in [0.2, 0.25) is 0 Å². The molecule has 0 aliphatic heterocycles. The van der Waals surface area contributed by atoms with Crippen LogP contribution in [0.15, 0.2) is 11.4 Å². The number of fused-ring (bicyclic) bond motifs is 1. The van der Waals surface area contributed by atoms with E-state index in [0.29, 0.717) is 5.92 Å². The summed E-state index contributed by atoms with van der Waals surface area (Å²) in [5.74, 6) is 2.48. The van der Waals surface area contributed by atoms with E-state index in [0.717, 1.165) is 17.4 Å². The van der Waals surface area contributed by atoms with E-state index in [1.165, 1.54) is 24.1 Å². The standard InChI is InChI=1S/C12H16OS/c1-7-2-11(6-14-7)12(13)10-4-8-3-9(8)5-10/h2,6,8-10,12-13H,3-5H2,1H3. The minimum absolute atomic E-state index is 0.187. The maximum absolute atomic E-state index is 10.2. The third-order valence-corrected chi connectivity index (χ3v) is 4.70. The Bertz CT molecular complexity index is 334. The molecule has 2 aliphatic rings. The molecular weight excluding hydrogens is 192 g/mol. The summed E-state index contributed by atoms with van der Waals surface area (Å²) in [6.07, 6.45) is 3.78. The maximum Gasteiger partial charge on any atom is 0.0826 e. The zero-order chi connectivity index (χ0) is 9.71. The summed E-state index contributed by atoms with van der Waals surface area (Å²) in [6.45, 7) is 2.10. The summed E-state index contributed by atoms with van der Waals surface area (Å²) >= 11 is 1.74. The first-order valence-corrected chi connectivity index (χ1v) is 6.35. The van der Waals surface area contributed by atoms with Crippen LogP contribution in [0.4, 0.5) is 0 Å². The van der Waals surface area contributed by atoms with E-state index >= 15 is 0 Å². The van der Waals surface area contributed by atoms with Crippen molar-refractivity contribution < 1.29 is 5.11 Å². The van der Waals surface area contributed by atoms with Gasteiger partial charge in [-0.25, -0.2) is 0 Å². The van der Waals surface area contributed by atoms with Crippen LogP contribution in [0.3, 0.4) is 0 Å². The van der Waals surface area contributed by atoms with Gasteiger partial charge in [0.2, 0.25) is 0 Å². The minimum Gasteiger partial charge on any atom is -0.388 e. The Balaban J connectivity index is 1.72. The van der Waals surface area contributed by atoms with Gasteiger partial charge in [0.1, 0.15) is 0 Å². The van der Waals surface area contributed by atoms with Crippen molar-refractivity contribution in [1.29, 1.82) is 0 Å². The molecule has 1 aromatic heterocycles. The van der Waals surface area contributed by atoms with E-state index < -0.39 is 0 Å². The Morgan fingerprint density at radius 3 is 2.64 bits per heavy atom. The van der Waals surface area contributed by atoms with Crippen molar-refractivity contribution in [3.05, 3.63) is 21.9 Å². The fourth-order valence-electron chi connectivity index (χ4n) is 2.91. The highest BCUT2D eigenvalue weighted by molar-refractivity contribution is 7.10. The fourth-order valence-corrected chi connectivity index (χ4v) is 3.64. The monoisotopic (exact) mass is 208 g/mol. The Kier molecular flexibility index (Phi) is 1.96. The van der Waals surface area contributed by atoms with E-state index in [2.05, 4.69) is 18.4 Å². The molecule has 0 bridgehead atoms. The van der Waals surface area contributed by atoms with Crippen molar-refractivity contribution in [3.8, 4) is 0 Å². The molecule has 0 saturated heterocycles. The molecule has 3 unspecified atom stereocenters. The average Bonchev–Trinajstić information content (AvgIpc) is 2.64. The van der Waals surface area contributed by atoms with Crippen LogP contribution >= 0.6 is 11.3 Å². The lowest BCUT2D eigenvalue weighted by atomic mass is 9.93. The summed E-state index contributed by atoms with van der Waals surface area (Å²) in [5, 5.41) is 12.3. The van der Waals surface area contributed by atoms with Gasteiger partial charge >= 0.3 is 0 Å². The summed E-state index contributed by atoms with van der Waals surface area (Å²) in [5.41, 5.74) is 1.15. The van der Waals surface area contributed by atoms with Gasteiger partial charge in [-0.3, -0.25) is 0 Å². The highest BCUT2D eigenvalue weighted by Gasteiger charge is 2.47. The van der Waals surface area contributed by atoms with Crippen molar-refractivity contribution in [2.24, 2.45) is 17.8 Å². The first kappa shape index (κ1) is 8.93. The van der Waals surface area contributed by atoms with Gasteiger partial charge in [-0.05, 0) is 60.9 Å². The average molecular weight is 208 g/mol. The highest BCUT2D eigenvalue weighted by Crippen LogP contribution is 2.57. The Morgan fingerprint density at radius 1 is 1.36 bits per heavy atom. The number of hydrogen-bond acceptors (Lipinski definition) is 2. The zero-order valence-electron chi connectivity index (χ0n) is 8.44. The fraction of sp³-hybridized carbons (Fsp3) is 0.667. The minimum atomic E-state index is -0.187. The van der Waals surface area contributed by atoms with Gasteiger partial charge in [-0.2, -0.15) is 0 Å². The Labute approximate surface area is 88.8 Å². The van der Waals surface area contributed by atoms with Gasteiger partial charge in [-0.15, -0.1) is 11.3 Å². The highest BCUT2D eigenvalue weighted by atomic mass is 32.1. The summed E-state index contributed by atoms with van der Waals surface area (Å²) in [4.78, 5) is 1.31. The number of aryl methyl sites for hydroxylation is 1. The summed E-state index contributed by atoms with van der Waals surface area (Å²) in [7, 11) is 0. The molecule has 2 heteroatoms. The molecule has 2 aliphatic carbocycles. The molecule has 1 aromatic rings. The molecule has 0 radical (unpaired) electrons. The Hall–Kier alpha value is -0.340. The van der Waals surface area contributed by atoms with Gasteiger partial charge in [0.05, 0.1) is 6.10 Å². The topological polar surface area (TPSA) is 20.2 Å². The molecule has 3 atom stereocenters. The van der Waals surface area contributed by atoms with Crippen molar-refractivity contribution in [3.63, 3.8) is 0 Å². The van der Waals surface area contributed by atoms with E-state index in [1.54, 1.807) is 11.3 Å². The lowest BCUT2D eigenvalue weighted by Crippen LogP contribution is -2.09. The second-order valence-corrected chi connectivity index (χ2v) is 6.04. The van der Waals surface area contributed by atoms with E-state index in [9.17, 15) is 5.11 Å². The van der Waals surface area contributed by atoms with Crippen LogP contribution < -0.4 is 0 Å². The number of aliphatic hydroxyl groups excluding tert-OH is 1. The molecule has 2 fully saturated rings. The molecule has 14 heavy (non-hydrogen) atoms. The zero-order valence-corrected chi connectivity index (χ0v) is 9.26. The van der Waals surface area contributed by atoms with Crippen LogP contribution in [0.25, 0.3) is 0 Å². The maximum atomic E-state index is 10.2. The van der Waals surface area contributed by atoms with Gasteiger partial charge in [-0.1, -0.05) is 0 Å². The smallest absolute Gasteiger partial charge is 0.0826 e. The van der Waals surface area contributed by atoms with E-state index in [1.807, 2.05) is 0 Å². The third kappa shape index (κ3) is 1.41. The van der Waals surface area contributed by atoms with Gasteiger partial charge < -0.3 is 5.11 Å². The SMILES string of the molecule is Cc1cc(C(O)C2CC3CC3C2)cs1. The molecule has 76 valence electrons. The number of hydrogen-bond donors (Lipinski definition) is 1. The normalized spacial score (nSPS) is 36.9. The van der Waals surface area contributed by atoms with E-state index in [-0.39, 0.29) is 6.10 Å². The summed E-state index contributed by atoms with van der Waals surface area (Å²) < 4.78 is 0. The Morgan fingerprint density at radius 2 is 2.07 bits per heavy atom. The molecule has 1 heterocycles. The number of rotatable bonds is 2. The van der Waals surface area contributed by atoms with Crippen LogP contribution in [0.5, 0.6) is 0 Å². The van der Waals surface area contributed by atoms with Crippen molar-refractivity contribution >= 4 is 11.3 Å². The van der Waals surface area contributed by atoms with Crippen LogP contribution in [-0.4, -0.2) is 5.11 Å². The molecule has 0 spiro atoms. The van der Waals surface area contributed by atoms with Gasteiger partial charge in [0.15, 0.2) is 0 Å². The van der Waals surface area contributed by atoms with Crippen molar-refractivity contribution in [2.75, 3.05) is 0 Å². The number of aliphatic hydroxyl groups is 1. The first-order chi connectivity index (χ1) is 6.74. The molecule has 3 rings (SSSR count). The van der Waals surface area contributed by atoms with Crippen molar-refractivity contribution in [1.82, 2.24) is 0 Å². The second-order valence-electron chi connectivity index (χ2n) is 4.92. The molecule has 0 aromatic carbocycles. The van der Waals surface area contributed by atoms with Crippen LogP contribution in [0.1, 0.15) is 35.8 Å². The van der Waals surface area contributed by atoms with Crippen LogP contribution in [0, 0.1) is 24.7 Å². The molecular formula is C12H16OS.